The largest absolute Gasteiger partial charge is 0.317 e. The average Bonchev–Trinajstić information content (AvgIpc) is 2.14. The molecule has 0 amide bonds. The minimum Gasteiger partial charge on any atom is -0.317 e. The lowest BCUT2D eigenvalue weighted by molar-refractivity contribution is 0.868. The van der Waals surface area contributed by atoms with Gasteiger partial charge in [0, 0.05) is 32.6 Å². The second kappa shape index (κ2) is 3.55. The first-order valence-corrected chi connectivity index (χ1v) is 5.49. The van der Waals surface area contributed by atoms with Crippen LogP contribution in [0.3, 0.4) is 0 Å². The molecule has 1 heterocycles. The molecule has 0 unspecified atom stereocenters. The molecule has 0 aliphatic carbocycles. The van der Waals surface area contributed by atoms with E-state index in [-0.39, 0.29) is 5.56 Å². The number of fused-ring (bicyclic) bond motifs is 1. The van der Waals surface area contributed by atoms with Crippen molar-refractivity contribution in [2.24, 2.45) is 7.05 Å². The number of halogens is 2. The molecule has 1 aromatic carbocycles. The zero-order valence-electron chi connectivity index (χ0n) is 7.42. The minimum atomic E-state index is 0.0112. The molecule has 0 aliphatic heterocycles. The van der Waals surface area contributed by atoms with Crippen molar-refractivity contribution in [2.75, 3.05) is 0 Å². The van der Waals surface area contributed by atoms with E-state index in [1.54, 1.807) is 23.7 Å². The Labute approximate surface area is 99.6 Å². The van der Waals surface area contributed by atoms with Gasteiger partial charge in [0.05, 0.1) is 0 Å². The second-order valence-electron chi connectivity index (χ2n) is 3.08. The molecular formula is C10H7ClINO. The molecule has 0 aliphatic rings. The molecule has 0 saturated heterocycles. The first-order chi connectivity index (χ1) is 6.59. The number of hydrogen-bond acceptors (Lipinski definition) is 1. The predicted octanol–water partition coefficient (Wildman–Crippen LogP) is 2.80. The van der Waals surface area contributed by atoms with Gasteiger partial charge in [0.25, 0.3) is 5.56 Å². The first kappa shape index (κ1) is 9.98. The third-order valence-corrected chi connectivity index (χ3v) is 3.19. The van der Waals surface area contributed by atoms with Crippen LogP contribution in [0, 0.1) is 3.57 Å². The van der Waals surface area contributed by atoms with Gasteiger partial charge in [-0.3, -0.25) is 4.79 Å². The van der Waals surface area contributed by atoms with Crippen LogP contribution in [0.15, 0.2) is 29.2 Å². The Balaban J connectivity index is 3.02. The van der Waals surface area contributed by atoms with Crippen LogP contribution in [0.25, 0.3) is 10.8 Å². The van der Waals surface area contributed by atoms with Gasteiger partial charge < -0.3 is 4.57 Å². The lowest BCUT2D eigenvalue weighted by atomic mass is 10.2. The second-order valence-corrected chi connectivity index (χ2v) is 4.68. The van der Waals surface area contributed by atoms with Crippen molar-refractivity contribution in [1.29, 1.82) is 0 Å². The Morgan fingerprint density at radius 1 is 1.36 bits per heavy atom. The summed E-state index contributed by atoms with van der Waals surface area (Å²) in [7, 11) is 1.75. The van der Waals surface area contributed by atoms with Crippen molar-refractivity contribution in [3.8, 4) is 0 Å². The quantitative estimate of drug-likeness (QED) is 0.685. The lowest BCUT2D eigenvalue weighted by Crippen LogP contribution is -2.16. The lowest BCUT2D eigenvalue weighted by Gasteiger charge is -2.04. The van der Waals surface area contributed by atoms with E-state index in [4.69, 9.17) is 11.6 Å². The van der Waals surface area contributed by atoms with Crippen LogP contribution in [-0.2, 0) is 7.05 Å². The maximum Gasteiger partial charge on any atom is 0.258 e. The molecule has 0 bridgehead atoms. The number of benzene rings is 1. The highest BCUT2D eigenvalue weighted by molar-refractivity contribution is 14.1. The van der Waals surface area contributed by atoms with Gasteiger partial charge in [-0.05, 0) is 40.8 Å². The van der Waals surface area contributed by atoms with Gasteiger partial charge >= 0.3 is 0 Å². The van der Waals surface area contributed by atoms with Gasteiger partial charge in [-0.25, -0.2) is 0 Å². The topological polar surface area (TPSA) is 22.0 Å². The van der Waals surface area contributed by atoms with E-state index in [0.29, 0.717) is 10.4 Å². The maximum atomic E-state index is 11.7. The molecule has 1 aromatic heterocycles. The molecule has 0 N–H and O–H groups in total. The van der Waals surface area contributed by atoms with Crippen molar-refractivity contribution in [3.05, 3.63) is 43.3 Å². The molecule has 0 fully saturated rings. The molecule has 0 radical (unpaired) electrons. The van der Waals surface area contributed by atoms with Crippen LogP contribution >= 0.6 is 34.2 Å². The summed E-state index contributed by atoms with van der Waals surface area (Å²) in [5.41, 5.74) is 0.0112. The van der Waals surface area contributed by atoms with Crippen LogP contribution in [0.2, 0.25) is 5.02 Å². The third-order valence-electron chi connectivity index (χ3n) is 2.10. The van der Waals surface area contributed by atoms with Gasteiger partial charge in [0.15, 0.2) is 0 Å². The van der Waals surface area contributed by atoms with Crippen molar-refractivity contribution < 1.29 is 0 Å². The van der Waals surface area contributed by atoms with Gasteiger partial charge in [0.2, 0.25) is 0 Å². The minimum absolute atomic E-state index is 0.0112. The third kappa shape index (κ3) is 1.54. The maximum absolute atomic E-state index is 11.7. The van der Waals surface area contributed by atoms with Gasteiger partial charge in [-0.1, -0.05) is 11.6 Å². The number of aromatic nitrogens is 1. The molecule has 0 atom stereocenters. The molecule has 0 saturated carbocycles. The molecule has 2 nitrogen and oxygen atoms in total. The summed E-state index contributed by atoms with van der Waals surface area (Å²) in [4.78, 5) is 11.7. The van der Waals surface area contributed by atoms with E-state index in [0.717, 1.165) is 8.96 Å². The van der Waals surface area contributed by atoms with Crippen molar-refractivity contribution >= 4 is 45.0 Å². The van der Waals surface area contributed by atoms with Crippen LogP contribution in [0.4, 0.5) is 0 Å². The fourth-order valence-electron chi connectivity index (χ4n) is 1.39. The zero-order chi connectivity index (χ0) is 10.3. The van der Waals surface area contributed by atoms with E-state index in [9.17, 15) is 4.79 Å². The number of hydrogen-bond donors (Lipinski definition) is 0. The first-order valence-electron chi connectivity index (χ1n) is 4.04. The standard InChI is InChI=1S/C10H7ClINO/c1-13-5-9(12)8-4-6(11)2-3-7(8)10(13)14/h2-5H,1H3. The SMILES string of the molecule is Cn1cc(I)c2cc(Cl)ccc2c1=O. The van der Waals surface area contributed by atoms with Crippen LogP contribution in [0.1, 0.15) is 0 Å². The van der Waals surface area contributed by atoms with Crippen molar-refractivity contribution in [3.63, 3.8) is 0 Å². The van der Waals surface area contributed by atoms with E-state index >= 15 is 0 Å². The molecular weight excluding hydrogens is 312 g/mol. The number of pyridine rings is 1. The fraction of sp³-hybridized carbons (Fsp3) is 0.100. The van der Waals surface area contributed by atoms with E-state index < -0.39 is 0 Å². The zero-order valence-corrected chi connectivity index (χ0v) is 10.3. The van der Waals surface area contributed by atoms with Crippen molar-refractivity contribution in [1.82, 2.24) is 4.57 Å². The van der Waals surface area contributed by atoms with Crippen LogP contribution in [-0.4, -0.2) is 4.57 Å². The summed E-state index contributed by atoms with van der Waals surface area (Å²) < 4.78 is 2.61. The van der Waals surface area contributed by atoms with E-state index in [1.165, 1.54) is 0 Å². The van der Waals surface area contributed by atoms with E-state index in [1.807, 2.05) is 12.3 Å². The molecule has 14 heavy (non-hydrogen) atoms. The Bertz CT molecular complexity index is 562. The molecule has 0 spiro atoms. The Hall–Kier alpha value is -0.550. The number of aryl methyl sites for hydroxylation is 1. The van der Waals surface area contributed by atoms with Gasteiger partial charge in [-0.15, -0.1) is 0 Å². The predicted molar refractivity (Wildman–Crippen MR) is 66.9 cm³/mol. The van der Waals surface area contributed by atoms with Crippen molar-refractivity contribution in [2.45, 2.75) is 0 Å². The number of nitrogens with zero attached hydrogens (tertiary/aromatic N) is 1. The Morgan fingerprint density at radius 3 is 2.79 bits per heavy atom. The highest BCUT2D eigenvalue weighted by atomic mass is 127. The normalized spacial score (nSPS) is 10.8. The summed E-state index contributed by atoms with van der Waals surface area (Å²) in [6, 6.07) is 5.32. The van der Waals surface area contributed by atoms with Crippen LogP contribution in [0.5, 0.6) is 0 Å². The van der Waals surface area contributed by atoms with Gasteiger partial charge in [0.1, 0.15) is 0 Å². The summed E-state index contributed by atoms with van der Waals surface area (Å²) in [6.45, 7) is 0. The van der Waals surface area contributed by atoms with Gasteiger partial charge in [-0.2, -0.15) is 0 Å². The molecule has 72 valence electrons. The monoisotopic (exact) mass is 319 g/mol. The molecule has 2 rings (SSSR count). The van der Waals surface area contributed by atoms with E-state index in [2.05, 4.69) is 22.6 Å². The highest BCUT2D eigenvalue weighted by Crippen LogP contribution is 2.21. The Morgan fingerprint density at radius 2 is 2.07 bits per heavy atom. The number of rotatable bonds is 0. The average molecular weight is 320 g/mol. The van der Waals surface area contributed by atoms with Crippen LogP contribution < -0.4 is 5.56 Å². The highest BCUT2D eigenvalue weighted by Gasteiger charge is 2.04. The molecule has 4 heteroatoms. The molecule has 2 aromatic rings. The summed E-state index contributed by atoms with van der Waals surface area (Å²) in [6.07, 6.45) is 1.81. The summed E-state index contributed by atoms with van der Waals surface area (Å²) in [5, 5.41) is 2.29. The fourth-order valence-corrected chi connectivity index (χ4v) is 2.42. The summed E-state index contributed by atoms with van der Waals surface area (Å²) in [5.74, 6) is 0. The Kier molecular flexibility index (Phi) is 2.53. The smallest absolute Gasteiger partial charge is 0.258 e. The summed E-state index contributed by atoms with van der Waals surface area (Å²) >= 11 is 8.07.